The summed E-state index contributed by atoms with van der Waals surface area (Å²) < 4.78 is 44.1. The molecule has 0 radical (unpaired) electrons. The van der Waals surface area contributed by atoms with Gasteiger partial charge in [-0.3, -0.25) is 9.78 Å². The standard InChI is InChI=1S/C17H17F3N2O2/c1-12(16(23)22(2)11-13-7-5-6-10-21-13)24-15-9-4-3-8-14(15)17(18,19)20/h3-10,12H,11H2,1-2H3. The number of hydrogen-bond donors (Lipinski definition) is 0. The fourth-order valence-electron chi connectivity index (χ4n) is 2.17. The van der Waals surface area contributed by atoms with Gasteiger partial charge >= 0.3 is 6.18 Å². The summed E-state index contributed by atoms with van der Waals surface area (Å²) in [6.07, 6.45) is -3.99. The highest BCUT2D eigenvalue weighted by Gasteiger charge is 2.35. The monoisotopic (exact) mass is 338 g/mol. The van der Waals surface area contributed by atoms with Gasteiger partial charge in [0.2, 0.25) is 0 Å². The van der Waals surface area contributed by atoms with Crippen molar-refractivity contribution in [2.45, 2.75) is 25.7 Å². The second-order valence-corrected chi connectivity index (χ2v) is 5.27. The minimum atomic E-state index is -4.54. The summed E-state index contributed by atoms with van der Waals surface area (Å²) in [5.74, 6) is -0.797. The average molecular weight is 338 g/mol. The SMILES string of the molecule is CC(Oc1ccccc1C(F)(F)F)C(=O)N(C)Cc1ccccn1. The maximum absolute atomic E-state index is 13.0. The second-order valence-electron chi connectivity index (χ2n) is 5.27. The molecule has 2 aromatic rings. The number of benzene rings is 1. The van der Waals surface area contributed by atoms with Crippen molar-refractivity contribution in [3.63, 3.8) is 0 Å². The number of amides is 1. The van der Waals surface area contributed by atoms with Crippen molar-refractivity contribution in [3.05, 3.63) is 59.9 Å². The van der Waals surface area contributed by atoms with Crippen molar-refractivity contribution in [2.24, 2.45) is 0 Å². The number of para-hydroxylation sites is 1. The Labute approximate surface area is 137 Å². The van der Waals surface area contributed by atoms with Crippen LogP contribution >= 0.6 is 0 Å². The number of carbonyl (C=O) groups is 1. The van der Waals surface area contributed by atoms with Crippen LogP contribution in [0.25, 0.3) is 0 Å². The number of aromatic nitrogens is 1. The minimum absolute atomic E-state index is 0.244. The Hall–Kier alpha value is -2.57. The number of hydrogen-bond acceptors (Lipinski definition) is 3. The molecule has 4 nitrogen and oxygen atoms in total. The van der Waals surface area contributed by atoms with E-state index in [-0.39, 0.29) is 12.3 Å². The van der Waals surface area contributed by atoms with E-state index in [9.17, 15) is 18.0 Å². The highest BCUT2D eigenvalue weighted by Crippen LogP contribution is 2.36. The Morgan fingerprint density at radius 3 is 2.50 bits per heavy atom. The third kappa shape index (κ3) is 4.47. The molecule has 128 valence electrons. The molecule has 0 saturated carbocycles. The number of nitrogens with zero attached hydrogens (tertiary/aromatic N) is 2. The van der Waals surface area contributed by atoms with Gasteiger partial charge in [-0.25, -0.2) is 0 Å². The Morgan fingerprint density at radius 2 is 1.88 bits per heavy atom. The van der Waals surface area contributed by atoms with Gasteiger partial charge in [0.1, 0.15) is 5.75 Å². The van der Waals surface area contributed by atoms with Gasteiger partial charge < -0.3 is 9.64 Å². The fraction of sp³-hybridized carbons (Fsp3) is 0.294. The van der Waals surface area contributed by atoms with E-state index in [0.29, 0.717) is 5.69 Å². The first kappa shape index (κ1) is 17.8. The maximum atomic E-state index is 13.0. The number of carbonyl (C=O) groups excluding carboxylic acids is 1. The summed E-state index contributed by atoms with van der Waals surface area (Å²) in [6.45, 7) is 1.67. The van der Waals surface area contributed by atoms with E-state index in [2.05, 4.69) is 4.98 Å². The summed E-state index contributed by atoms with van der Waals surface area (Å²) in [7, 11) is 1.55. The van der Waals surface area contributed by atoms with E-state index < -0.39 is 23.8 Å². The third-order valence-electron chi connectivity index (χ3n) is 3.35. The van der Waals surface area contributed by atoms with Crippen LogP contribution in [0.5, 0.6) is 5.75 Å². The average Bonchev–Trinajstić information content (AvgIpc) is 2.54. The first-order valence-electron chi connectivity index (χ1n) is 7.27. The molecule has 0 N–H and O–H groups in total. The normalized spacial score (nSPS) is 12.5. The molecule has 7 heteroatoms. The number of likely N-dealkylation sites (N-methyl/N-ethyl adjacent to an activating group) is 1. The molecule has 0 aliphatic rings. The second kappa shape index (κ2) is 7.33. The predicted molar refractivity (Wildman–Crippen MR) is 82.2 cm³/mol. The van der Waals surface area contributed by atoms with Crippen molar-refractivity contribution >= 4 is 5.91 Å². The van der Waals surface area contributed by atoms with Gasteiger partial charge in [-0.15, -0.1) is 0 Å². The van der Waals surface area contributed by atoms with E-state index in [1.807, 2.05) is 0 Å². The van der Waals surface area contributed by atoms with Crippen LogP contribution in [0.2, 0.25) is 0 Å². The molecule has 0 saturated heterocycles. The molecule has 1 atom stereocenters. The lowest BCUT2D eigenvalue weighted by Crippen LogP contribution is -2.38. The first-order chi connectivity index (χ1) is 11.3. The quantitative estimate of drug-likeness (QED) is 0.838. The number of alkyl halides is 3. The zero-order chi connectivity index (χ0) is 17.7. The Balaban J connectivity index is 2.07. The summed E-state index contributed by atoms with van der Waals surface area (Å²) >= 11 is 0. The van der Waals surface area contributed by atoms with E-state index in [1.165, 1.54) is 30.0 Å². The Bertz CT molecular complexity index is 690. The Kier molecular flexibility index (Phi) is 5.43. The molecule has 0 aliphatic heterocycles. The lowest BCUT2D eigenvalue weighted by atomic mass is 10.2. The van der Waals surface area contributed by atoms with Gasteiger partial charge in [-0.1, -0.05) is 18.2 Å². The van der Waals surface area contributed by atoms with E-state index in [1.54, 1.807) is 31.4 Å². The van der Waals surface area contributed by atoms with Crippen LogP contribution in [0.15, 0.2) is 48.7 Å². The summed E-state index contributed by atoms with van der Waals surface area (Å²) in [5.41, 5.74) is -0.228. The van der Waals surface area contributed by atoms with Crippen LogP contribution < -0.4 is 4.74 Å². The highest BCUT2D eigenvalue weighted by molar-refractivity contribution is 5.80. The zero-order valence-corrected chi connectivity index (χ0v) is 13.2. The third-order valence-corrected chi connectivity index (χ3v) is 3.35. The van der Waals surface area contributed by atoms with Crippen molar-refractivity contribution in [1.29, 1.82) is 0 Å². The Morgan fingerprint density at radius 1 is 1.21 bits per heavy atom. The van der Waals surface area contributed by atoms with Crippen molar-refractivity contribution in [3.8, 4) is 5.75 Å². The van der Waals surface area contributed by atoms with Gasteiger partial charge in [0.05, 0.1) is 17.8 Å². The molecule has 1 aromatic heterocycles. The topological polar surface area (TPSA) is 42.4 Å². The number of ether oxygens (including phenoxy) is 1. The van der Waals surface area contributed by atoms with Crippen LogP contribution in [0.1, 0.15) is 18.2 Å². The molecule has 1 heterocycles. The summed E-state index contributed by atoms with van der Waals surface area (Å²) in [6, 6.07) is 10.1. The molecule has 24 heavy (non-hydrogen) atoms. The summed E-state index contributed by atoms with van der Waals surface area (Å²) in [5, 5.41) is 0. The molecule has 1 amide bonds. The van der Waals surface area contributed by atoms with Gasteiger partial charge in [0.25, 0.3) is 5.91 Å². The van der Waals surface area contributed by atoms with Crippen molar-refractivity contribution in [1.82, 2.24) is 9.88 Å². The molecule has 0 bridgehead atoms. The van der Waals surface area contributed by atoms with Crippen LogP contribution in [0.4, 0.5) is 13.2 Å². The van der Waals surface area contributed by atoms with E-state index in [0.717, 1.165) is 6.07 Å². The van der Waals surface area contributed by atoms with Gasteiger partial charge in [0, 0.05) is 13.2 Å². The van der Waals surface area contributed by atoms with Gasteiger partial charge in [-0.05, 0) is 31.2 Å². The molecular formula is C17H17F3N2O2. The predicted octanol–water partition coefficient (Wildman–Crippen LogP) is 3.53. The molecule has 0 fully saturated rings. The lowest BCUT2D eigenvalue weighted by Gasteiger charge is -2.23. The van der Waals surface area contributed by atoms with Crippen LogP contribution in [-0.4, -0.2) is 28.9 Å². The summed E-state index contributed by atoms with van der Waals surface area (Å²) in [4.78, 5) is 17.8. The van der Waals surface area contributed by atoms with Gasteiger partial charge in [0.15, 0.2) is 6.10 Å². The number of halogens is 3. The molecule has 0 spiro atoms. The zero-order valence-electron chi connectivity index (χ0n) is 13.2. The maximum Gasteiger partial charge on any atom is 0.419 e. The van der Waals surface area contributed by atoms with Crippen molar-refractivity contribution < 1.29 is 22.7 Å². The smallest absolute Gasteiger partial charge is 0.419 e. The van der Waals surface area contributed by atoms with Gasteiger partial charge in [-0.2, -0.15) is 13.2 Å². The number of pyridine rings is 1. The van der Waals surface area contributed by atoms with E-state index >= 15 is 0 Å². The largest absolute Gasteiger partial charge is 0.480 e. The van der Waals surface area contributed by atoms with Crippen LogP contribution in [0.3, 0.4) is 0 Å². The molecule has 1 aromatic carbocycles. The minimum Gasteiger partial charge on any atom is -0.480 e. The molecule has 1 unspecified atom stereocenters. The number of rotatable bonds is 5. The van der Waals surface area contributed by atoms with E-state index in [4.69, 9.17) is 4.74 Å². The fourth-order valence-corrected chi connectivity index (χ4v) is 2.17. The molecule has 2 rings (SSSR count). The molecular weight excluding hydrogens is 321 g/mol. The van der Waals surface area contributed by atoms with Crippen LogP contribution in [-0.2, 0) is 17.5 Å². The van der Waals surface area contributed by atoms with Crippen LogP contribution in [0, 0.1) is 0 Å². The highest BCUT2D eigenvalue weighted by atomic mass is 19.4. The molecule has 0 aliphatic carbocycles. The van der Waals surface area contributed by atoms with Crippen molar-refractivity contribution in [2.75, 3.05) is 7.05 Å². The lowest BCUT2D eigenvalue weighted by molar-refractivity contribution is -0.143. The first-order valence-corrected chi connectivity index (χ1v) is 7.27.